The third-order valence-electron chi connectivity index (χ3n) is 5.25. The lowest BCUT2D eigenvalue weighted by Gasteiger charge is -2.41. The standard InChI is InChI=1S/C20H23FN4O2/c21-18-6-2-1-4-15(18)13-25-10-9-24(14-17(25)8-11-26)12-16-5-3-7-19-20(16)23-27-22-19/h1-7,17,26H,8-14H2. The lowest BCUT2D eigenvalue weighted by atomic mass is 10.1. The predicted octanol–water partition coefficient (Wildman–Crippen LogP) is 2.43. The maximum absolute atomic E-state index is 14.0. The molecule has 4 rings (SSSR count). The Bertz CT molecular complexity index is 900. The molecule has 1 atom stereocenters. The van der Waals surface area contributed by atoms with Crippen molar-refractivity contribution in [1.29, 1.82) is 0 Å². The molecule has 1 aliphatic rings. The van der Waals surface area contributed by atoms with Crippen LogP contribution in [0.1, 0.15) is 17.5 Å². The number of piperazine rings is 1. The minimum absolute atomic E-state index is 0.120. The molecule has 0 radical (unpaired) electrons. The number of aromatic nitrogens is 2. The van der Waals surface area contributed by atoms with Crippen molar-refractivity contribution in [1.82, 2.24) is 20.1 Å². The Balaban J connectivity index is 1.46. The van der Waals surface area contributed by atoms with E-state index in [2.05, 4.69) is 20.1 Å². The van der Waals surface area contributed by atoms with Crippen LogP contribution in [-0.2, 0) is 13.1 Å². The van der Waals surface area contributed by atoms with Crippen LogP contribution in [0.2, 0.25) is 0 Å². The molecule has 2 heterocycles. The van der Waals surface area contributed by atoms with E-state index in [-0.39, 0.29) is 18.5 Å². The minimum Gasteiger partial charge on any atom is -0.396 e. The largest absolute Gasteiger partial charge is 0.396 e. The predicted molar refractivity (Wildman–Crippen MR) is 99.4 cm³/mol. The first-order valence-electron chi connectivity index (χ1n) is 9.25. The van der Waals surface area contributed by atoms with Crippen LogP contribution in [0.5, 0.6) is 0 Å². The molecular formula is C20H23FN4O2. The molecule has 1 unspecified atom stereocenters. The Hall–Kier alpha value is -2.35. The molecule has 7 heteroatoms. The lowest BCUT2D eigenvalue weighted by molar-refractivity contribution is 0.0494. The fourth-order valence-corrected chi connectivity index (χ4v) is 3.81. The van der Waals surface area contributed by atoms with E-state index in [0.717, 1.165) is 42.8 Å². The fourth-order valence-electron chi connectivity index (χ4n) is 3.81. The van der Waals surface area contributed by atoms with Crippen LogP contribution < -0.4 is 0 Å². The topological polar surface area (TPSA) is 65.6 Å². The molecule has 1 saturated heterocycles. The van der Waals surface area contributed by atoms with E-state index in [1.165, 1.54) is 6.07 Å². The first-order chi connectivity index (χ1) is 13.2. The van der Waals surface area contributed by atoms with E-state index < -0.39 is 0 Å². The molecule has 1 aromatic heterocycles. The fraction of sp³-hybridized carbons (Fsp3) is 0.400. The number of rotatable bonds is 6. The minimum atomic E-state index is -0.173. The van der Waals surface area contributed by atoms with Crippen molar-refractivity contribution in [3.05, 3.63) is 59.4 Å². The molecule has 142 valence electrons. The maximum Gasteiger partial charge on any atom is 0.139 e. The van der Waals surface area contributed by atoms with Crippen molar-refractivity contribution in [2.24, 2.45) is 0 Å². The molecule has 6 nitrogen and oxygen atoms in total. The van der Waals surface area contributed by atoms with Crippen LogP contribution in [0.3, 0.4) is 0 Å². The number of halogens is 1. The highest BCUT2D eigenvalue weighted by Gasteiger charge is 2.27. The first-order valence-corrected chi connectivity index (χ1v) is 9.25. The summed E-state index contributed by atoms with van der Waals surface area (Å²) in [5.74, 6) is -0.173. The molecule has 0 bridgehead atoms. The molecule has 0 aliphatic carbocycles. The number of aliphatic hydroxyl groups is 1. The van der Waals surface area contributed by atoms with Crippen LogP contribution in [0.15, 0.2) is 47.1 Å². The van der Waals surface area contributed by atoms with Gasteiger partial charge < -0.3 is 5.11 Å². The van der Waals surface area contributed by atoms with Crippen LogP contribution >= 0.6 is 0 Å². The smallest absolute Gasteiger partial charge is 0.139 e. The Morgan fingerprint density at radius 1 is 1.04 bits per heavy atom. The van der Waals surface area contributed by atoms with Gasteiger partial charge in [-0.3, -0.25) is 9.80 Å². The van der Waals surface area contributed by atoms with Crippen molar-refractivity contribution in [2.45, 2.75) is 25.6 Å². The molecule has 1 fully saturated rings. The van der Waals surface area contributed by atoms with Gasteiger partial charge in [0.1, 0.15) is 16.9 Å². The number of aliphatic hydroxyl groups excluding tert-OH is 1. The zero-order valence-corrected chi connectivity index (χ0v) is 15.1. The monoisotopic (exact) mass is 370 g/mol. The third-order valence-corrected chi connectivity index (χ3v) is 5.25. The summed E-state index contributed by atoms with van der Waals surface area (Å²) in [6.07, 6.45) is 0.667. The van der Waals surface area contributed by atoms with Crippen LogP contribution in [0.4, 0.5) is 4.39 Å². The maximum atomic E-state index is 14.0. The van der Waals surface area contributed by atoms with Gasteiger partial charge in [0, 0.05) is 50.9 Å². The summed E-state index contributed by atoms with van der Waals surface area (Å²) in [4.78, 5) is 4.62. The van der Waals surface area contributed by atoms with E-state index in [1.54, 1.807) is 6.07 Å². The normalized spacial score (nSPS) is 19.0. The van der Waals surface area contributed by atoms with Crippen LogP contribution in [0.25, 0.3) is 11.0 Å². The zero-order valence-electron chi connectivity index (χ0n) is 15.1. The van der Waals surface area contributed by atoms with Gasteiger partial charge in [0.15, 0.2) is 0 Å². The van der Waals surface area contributed by atoms with E-state index in [9.17, 15) is 9.50 Å². The molecule has 0 amide bonds. The highest BCUT2D eigenvalue weighted by Crippen LogP contribution is 2.22. The molecular weight excluding hydrogens is 347 g/mol. The number of fused-ring (bicyclic) bond motifs is 1. The molecule has 0 saturated carbocycles. The summed E-state index contributed by atoms with van der Waals surface area (Å²) < 4.78 is 18.9. The molecule has 3 aromatic rings. The van der Waals surface area contributed by atoms with Crippen molar-refractivity contribution in [2.75, 3.05) is 26.2 Å². The number of benzene rings is 2. The van der Waals surface area contributed by atoms with Gasteiger partial charge in [-0.25, -0.2) is 9.02 Å². The molecule has 27 heavy (non-hydrogen) atoms. The SMILES string of the molecule is OCCC1CN(Cc2cccc3nonc23)CCN1Cc1ccccc1F. The molecule has 2 aromatic carbocycles. The van der Waals surface area contributed by atoms with Gasteiger partial charge in [0.2, 0.25) is 0 Å². The van der Waals surface area contributed by atoms with Crippen molar-refractivity contribution in [3.8, 4) is 0 Å². The second kappa shape index (κ2) is 8.12. The van der Waals surface area contributed by atoms with Crippen LogP contribution in [0, 0.1) is 5.82 Å². The van der Waals surface area contributed by atoms with Gasteiger partial charge in [-0.15, -0.1) is 0 Å². The molecule has 1 aliphatic heterocycles. The Labute approximate surface area is 157 Å². The number of hydrogen-bond acceptors (Lipinski definition) is 6. The average molecular weight is 370 g/mol. The second-order valence-electron chi connectivity index (χ2n) is 7.01. The van der Waals surface area contributed by atoms with E-state index >= 15 is 0 Å². The van der Waals surface area contributed by atoms with Gasteiger partial charge in [0.05, 0.1) is 0 Å². The zero-order chi connectivity index (χ0) is 18.6. The summed E-state index contributed by atoms with van der Waals surface area (Å²) >= 11 is 0. The summed E-state index contributed by atoms with van der Waals surface area (Å²) in [5, 5.41) is 17.4. The summed E-state index contributed by atoms with van der Waals surface area (Å²) in [6, 6.07) is 13.0. The summed E-state index contributed by atoms with van der Waals surface area (Å²) in [7, 11) is 0. The van der Waals surface area contributed by atoms with Gasteiger partial charge in [-0.1, -0.05) is 30.3 Å². The van der Waals surface area contributed by atoms with Gasteiger partial charge in [0.25, 0.3) is 0 Å². The quantitative estimate of drug-likeness (QED) is 0.719. The Morgan fingerprint density at radius 2 is 1.89 bits per heavy atom. The highest BCUT2D eigenvalue weighted by atomic mass is 19.1. The van der Waals surface area contributed by atoms with Gasteiger partial charge >= 0.3 is 0 Å². The third kappa shape index (κ3) is 4.00. The molecule has 0 spiro atoms. The van der Waals surface area contributed by atoms with Gasteiger partial charge in [-0.2, -0.15) is 0 Å². The van der Waals surface area contributed by atoms with E-state index in [4.69, 9.17) is 4.63 Å². The lowest BCUT2D eigenvalue weighted by Crippen LogP contribution is -2.52. The first kappa shape index (κ1) is 18.0. The number of hydrogen-bond donors (Lipinski definition) is 1. The van der Waals surface area contributed by atoms with Gasteiger partial charge in [-0.05, 0) is 34.4 Å². The van der Waals surface area contributed by atoms with Crippen LogP contribution in [-0.4, -0.2) is 57.5 Å². The second-order valence-corrected chi connectivity index (χ2v) is 7.01. The Kier molecular flexibility index (Phi) is 5.42. The average Bonchev–Trinajstić information content (AvgIpc) is 3.16. The van der Waals surface area contributed by atoms with Crippen molar-refractivity contribution in [3.63, 3.8) is 0 Å². The van der Waals surface area contributed by atoms with Crippen molar-refractivity contribution < 1.29 is 14.1 Å². The Morgan fingerprint density at radius 3 is 2.74 bits per heavy atom. The van der Waals surface area contributed by atoms with Crippen molar-refractivity contribution >= 4 is 11.0 Å². The molecule has 1 N–H and O–H groups in total. The van der Waals surface area contributed by atoms with E-state index in [1.807, 2.05) is 30.3 Å². The highest BCUT2D eigenvalue weighted by molar-refractivity contribution is 5.76. The van der Waals surface area contributed by atoms with E-state index in [0.29, 0.717) is 18.5 Å². The summed E-state index contributed by atoms with van der Waals surface area (Å²) in [6.45, 7) is 3.95. The number of nitrogens with zero attached hydrogens (tertiary/aromatic N) is 4. The summed E-state index contributed by atoms with van der Waals surface area (Å²) in [5.41, 5.74) is 3.34.